The van der Waals surface area contributed by atoms with Gasteiger partial charge in [0.05, 0.1) is 5.92 Å². The first-order chi connectivity index (χ1) is 10.1. The first kappa shape index (κ1) is 16.0. The molecule has 1 aromatic rings. The van der Waals surface area contributed by atoms with Gasteiger partial charge in [0.2, 0.25) is 0 Å². The summed E-state index contributed by atoms with van der Waals surface area (Å²) in [6, 6.07) is 8.78. The first-order valence-electron chi connectivity index (χ1n) is 8.08. The molecule has 1 atom stereocenters. The zero-order valence-electron chi connectivity index (χ0n) is 13.1. The van der Waals surface area contributed by atoms with Crippen LogP contribution in [0.2, 0.25) is 0 Å². The number of nitrogens with one attached hydrogen (secondary N) is 1. The number of rotatable bonds is 8. The summed E-state index contributed by atoms with van der Waals surface area (Å²) in [6.45, 7) is 5.41. The molecule has 1 saturated carbocycles. The molecule has 0 bridgehead atoms. The van der Waals surface area contributed by atoms with E-state index in [0.29, 0.717) is 12.5 Å². The van der Waals surface area contributed by atoms with Gasteiger partial charge >= 0.3 is 5.97 Å². The molecule has 21 heavy (non-hydrogen) atoms. The van der Waals surface area contributed by atoms with Crippen LogP contribution in [-0.2, 0) is 11.3 Å². The monoisotopic (exact) mass is 289 g/mol. The molecule has 0 aliphatic heterocycles. The Morgan fingerprint density at radius 2 is 1.95 bits per heavy atom. The minimum absolute atomic E-state index is 0.292. The highest BCUT2D eigenvalue weighted by molar-refractivity contribution is 5.70. The van der Waals surface area contributed by atoms with Crippen LogP contribution in [0.1, 0.15) is 56.6 Å². The smallest absolute Gasteiger partial charge is 0.307 e. The fourth-order valence-electron chi connectivity index (χ4n) is 2.88. The van der Waals surface area contributed by atoms with Gasteiger partial charge in [-0.2, -0.15) is 0 Å². The third-order valence-electron chi connectivity index (χ3n) is 4.38. The van der Waals surface area contributed by atoms with Crippen LogP contribution in [0.25, 0.3) is 0 Å². The molecule has 116 valence electrons. The second-order valence-corrected chi connectivity index (χ2v) is 6.67. The van der Waals surface area contributed by atoms with E-state index in [4.69, 9.17) is 0 Å². The lowest BCUT2D eigenvalue weighted by Gasteiger charge is -2.25. The van der Waals surface area contributed by atoms with Gasteiger partial charge in [-0.1, -0.05) is 44.5 Å². The molecule has 3 nitrogen and oxygen atoms in total. The maximum Gasteiger partial charge on any atom is 0.307 e. The Hall–Kier alpha value is -1.35. The molecule has 0 saturated heterocycles. The summed E-state index contributed by atoms with van der Waals surface area (Å²) in [4.78, 5) is 11.2. The molecule has 3 heteroatoms. The Kier molecular flexibility index (Phi) is 5.80. The number of carboxylic acids is 1. The molecule has 1 unspecified atom stereocenters. The Morgan fingerprint density at radius 1 is 1.29 bits per heavy atom. The van der Waals surface area contributed by atoms with Gasteiger partial charge in [-0.25, -0.2) is 0 Å². The van der Waals surface area contributed by atoms with Crippen molar-refractivity contribution in [2.45, 2.75) is 52.0 Å². The van der Waals surface area contributed by atoms with Gasteiger partial charge in [-0.05, 0) is 42.2 Å². The molecule has 1 aliphatic carbocycles. The van der Waals surface area contributed by atoms with Crippen LogP contribution < -0.4 is 5.32 Å². The summed E-state index contributed by atoms with van der Waals surface area (Å²) >= 11 is 0. The summed E-state index contributed by atoms with van der Waals surface area (Å²) in [7, 11) is 0. The minimum atomic E-state index is -0.698. The SMILES string of the molecule is CC(C)CC(CNCc1ccc(C2CCC2)cc1)C(=O)O. The van der Waals surface area contributed by atoms with E-state index in [2.05, 4.69) is 43.4 Å². The maximum absolute atomic E-state index is 11.2. The molecule has 0 spiro atoms. The van der Waals surface area contributed by atoms with E-state index < -0.39 is 5.97 Å². The van der Waals surface area contributed by atoms with Crippen LogP contribution in [0.3, 0.4) is 0 Å². The van der Waals surface area contributed by atoms with Gasteiger partial charge < -0.3 is 10.4 Å². The number of hydrogen-bond donors (Lipinski definition) is 2. The average Bonchev–Trinajstić information content (AvgIpc) is 2.37. The molecule has 0 aromatic heterocycles. The van der Waals surface area contributed by atoms with Crippen molar-refractivity contribution in [3.8, 4) is 0 Å². The van der Waals surface area contributed by atoms with Crippen molar-refractivity contribution < 1.29 is 9.90 Å². The summed E-state index contributed by atoms with van der Waals surface area (Å²) in [5, 5.41) is 12.5. The van der Waals surface area contributed by atoms with Crippen molar-refractivity contribution in [3.63, 3.8) is 0 Å². The van der Waals surface area contributed by atoms with Gasteiger partial charge in [0.25, 0.3) is 0 Å². The van der Waals surface area contributed by atoms with Gasteiger partial charge in [-0.3, -0.25) is 4.79 Å². The highest BCUT2D eigenvalue weighted by Gasteiger charge is 2.19. The van der Waals surface area contributed by atoms with Crippen molar-refractivity contribution >= 4 is 5.97 Å². The van der Waals surface area contributed by atoms with E-state index in [1.54, 1.807) is 0 Å². The highest BCUT2D eigenvalue weighted by Crippen LogP contribution is 2.36. The van der Waals surface area contributed by atoms with Crippen molar-refractivity contribution in [2.75, 3.05) is 6.54 Å². The van der Waals surface area contributed by atoms with Gasteiger partial charge in [-0.15, -0.1) is 0 Å². The Morgan fingerprint density at radius 3 is 2.43 bits per heavy atom. The molecular weight excluding hydrogens is 262 g/mol. The molecule has 2 N–H and O–H groups in total. The van der Waals surface area contributed by atoms with E-state index >= 15 is 0 Å². The van der Waals surface area contributed by atoms with E-state index in [9.17, 15) is 9.90 Å². The quantitative estimate of drug-likeness (QED) is 0.765. The van der Waals surface area contributed by atoms with Gasteiger partial charge in [0.15, 0.2) is 0 Å². The maximum atomic E-state index is 11.2. The van der Waals surface area contributed by atoms with Crippen LogP contribution in [-0.4, -0.2) is 17.6 Å². The minimum Gasteiger partial charge on any atom is -0.481 e. The summed E-state index contributed by atoms with van der Waals surface area (Å²) in [5.74, 6) is 0.194. The van der Waals surface area contributed by atoms with Crippen molar-refractivity contribution in [1.29, 1.82) is 0 Å². The number of benzene rings is 1. The van der Waals surface area contributed by atoms with E-state index in [1.165, 1.54) is 30.4 Å². The molecule has 1 fully saturated rings. The van der Waals surface area contributed by atoms with Crippen LogP contribution in [0.4, 0.5) is 0 Å². The molecule has 2 rings (SSSR count). The summed E-state index contributed by atoms with van der Waals surface area (Å²) in [5.41, 5.74) is 2.68. The zero-order valence-corrected chi connectivity index (χ0v) is 13.1. The van der Waals surface area contributed by atoms with Crippen molar-refractivity contribution in [3.05, 3.63) is 35.4 Å². The lowest BCUT2D eigenvalue weighted by atomic mass is 9.80. The van der Waals surface area contributed by atoms with E-state index in [-0.39, 0.29) is 5.92 Å². The molecule has 1 aliphatic rings. The molecular formula is C18H27NO2. The lowest BCUT2D eigenvalue weighted by molar-refractivity contribution is -0.142. The molecule has 1 aromatic carbocycles. The van der Waals surface area contributed by atoms with Crippen LogP contribution >= 0.6 is 0 Å². The second kappa shape index (κ2) is 7.60. The predicted molar refractivity (Wildman–Crippen MR) is 85.3 cm³/mol. The highest BCUT2D eigenvalue weighted by atomic mass is 16.4. The van der Waals surface area contributed by atoms with E-state index in [1.807, 2.05) is 0 Å². The van der Waals surface area contributed by atoms with Crippen LogP contribution in [0, 0.1) is 11.8 Å². The first-order valence-corrected chi connectivity index (χ1v) is 8.08. The molecule has 0 heterocycles. The summed E-state index contributed by atoms with van der Waals surface area (Å²) < 4.78 is 0. The largest absolute Gasteiger partial charge is 0.481 e. The second-order valence-electron chi connectivity index (χ2n) is 6.67. The van der Waals surface area contributed by atoms with Crippen LogP contribution in [0.15, 0.2) is 24.3 Å². The third kappa shape index (κ3) is 4.85. The molecule has 0 amide bonds. The average molecular weight is 289 g/mol. The van der Waals surface area contributed by atoms with Crippen molar-refractivity contribution in [2.24, 2.45) is 11.8 Å². The van der Waals surface area contributed by atoms with E-state index in [0.717, 1.165) is 18.9 Å². The number of hydrogen-bond acceptors (Lipinski definition) is 2. The lowest BCUT2D eigenvalue weighted by Crippen LogP contribution is -2.29. The van der Waals surface area contributed by atoms with Gasteiger partial charge in [0.1, 0.15) is 0 Å². The van der Waals surface area contributed by atoms with Crippen molar-refractivity contribution in [1.82, 2.24) is 5.32 Å². The van der Waals surface area contributed by atoms with Gasteiger partial charge in [0, 0.05) is 13.1 Å². The number of carboxylic acid groups (broad SMARTS) is 1. The standard InChI is InChI=1S/C18H27NO2/c1-13(2)10-17(18(20)21)12-19-11-14-6-8-16(9-7-14)15-4-3-5-15/h6-9,13,15,17,19H,3-5,10-12H2,1-2H3,(H,20,21). The third-order valence-corrected chi connectivity index (χ3v) is 4.38. The molecule has 0 radical (unpaired) electrons. The number of aliphatic carboxylic acids is 1. The zero-order chi connectivity index (χ0) is 15.2. The normalized spacial score (nSPS) is 16.7. The Bertz CT molecular complexity index is 449. The predicted octanol–water partition coefficient (Wildman–Crippen LogP) is 3.79. The Balaban J connectivity index is 1.77. The Labute approximate surface area is 127 Å². The number of carbonyl (C=O) groups is 1. The van der Waals surface area contributed by atoms with Crippen LogP contribution in [0.5, 0.6) is 0 Å². The summed E-state index contributed by atoms with van der Waals surface area (Å²) in [6.07, 6.45) is 4.74. The fraction of sp³-hybridized carbons (Fsp3) is 0.611. The topological polar surface area (TPSA) is 49.3 Å². The fourth-order valence-corrected chi connectivity index (χ4v) is 2.88.